The van der Waals surface area contributed by atoms with Crippen LogP contribution in [-0.4, -0.2) is 55.9 Å². The van der Waals surface area contributed by atoms with Crippen molar-refractivity contribution in [3.63, 3.8) is 0 Å². The fourth-order valence-corrected chi connectivity index (χ4v) is 2.53. The SMILES string of the molecule is COC[C@@H]1CN(C(=O)COc2ccc(F)cc2)CC(C)(C)O1. The van der Waals surface area contributed by atoms with E-state index in [4.69, 9.17) is 14.2 Å². The molecule has 1 aliphatic heterocycles. The number of nitrogens with zero attached hydrogens (tertiary/aromatic N) is 1. The summed E-state index contributed by atoms with van der Waals surface area (Å²) in [6.07, 6.45) is -0.150. The van der Waals surface area contributed by atoms with E-state index < -0.39 is 5.60 Å². The number of rotatable bonds is 5. The van der Waals surface area contributed by atoms with Gasteiger partial charge in [0.1, 0.15) is 11.6 Å². The van der Waals surface area contributed by atoms with Crippen molar-refractivity contribution in [3.8, 4) is 5.75 Å². The number of carbonyl (C=O) groups is 1. The minimum absolute atomic E-state index is 0.0819. The summed E-state index contributed by atoms with van der Waals surface area (Å²) in [6.45, 7) is 5.21. The highest BCUT2D eigenvalue weighted by atomic mass is 19.1. The third-order valence-electron chi connectivity index (χ3n) is 3.36. The number of ether oxygens (including phenoxy) is 3. The molecular weight excluding hydrogens is 289 g/mol. The molecule has 1 atom stereocenters. The summed E-state index contributed by atoms with van der Waals surface area (Å²) < 4.78 is 29.2. The van der Waals surface area contributed by atoms with E-state index in [0.29, 0.717) is 25.4 Å². The molecule has 122 valence electrons. The second kappa shape index (κ2) is 7.07. The van der Waals surface area contributed by atoms with Crippen molar-refractivity contribution < 1.29 is 23.4 Å². The third-order valence-corrected chi connectivity index (χ3v) is 3.36. The van der Waals surface area contributed by atoms with Crippen LogP contribution < -0.4 is 4.74 Å². The molecule has 5 nitrogen and oxygen atoms in total. The summed E-state index contributed by atoms with van der Waals surface area (Å²) in [5.41, 5.74) is -0.424. The van der Waals surface area contributed by atoms with Crippen LogP contribution >= 0.6 is 0 Å². The molecule has 0 bridgehead atoms. The Kier molecular flexibility index (Phi) is 5.37. The van der Waals surface area contributed by atoms with Gasteiger partial charge in [0.25, 0.3) is 5.91 Å². The molecule has 1 aromatic carbocycles. The van der Waals surface area contributed by atoms with Gasteiger partial charge in [-0.15, -0.1) is 0 Å². The van der Waals surface area contributed by atoms with Crippen molar-refractivity contribution in [1.29, 1.82) is 0 Å². The summed E-state index contributed by atoms with van der Waals surface area (Å²) in [4.78, 5) is 14.0. The highest BCUT2D eigenvalue weighted by Gasteiger charge is 2.35. The molecular formula is C16H22FNO4. The van der Waals surface area contributed by atoms with E-state index in [-0.39, 0.29) is 24.4 Å². The standard InChI is InChI=1S/C16H22FNO4/c1-16(2)11-18(8-14(22-16)9-20-3)15(19)10-21-13-6-4-12(17)5-7-13/h4-7,14H,8-11H2,1-3H3/t14-/m0/s1. The van der Waals surface area contributed by atoms with E-state index >= 15 is 0 Å². The van der Waals surface area contributed by atoms with Crippen molar-refractivity contribution in [2.75, 3.05) is 33.4 Å². The minimum atomic E-state index is -0.424. The highest BCUT2D eigenvalue weighted by Crippen LogP contribution is 2.21. The number of amides is 1. The van der Waals surface area contributed by atoms with E-state index in [1.807, 2.05) is 13.8 Å². The van der Waals surface area contributed by atoms with Gasteiger partial charge in [-0.1, -0.05) is 0 Å². The van der Waals surface area contributed by atoms with E-state index in [2.05, 4.69) is 0 Å². The zero-order chi connectivity index (χ0) is 16.2. The van der Waals surface area contributed by atoms with E-state index in [1.165, 1.54) is 24.3 Å². The first kappa shape index (κ1) is 16.7. The summed E-state index contributed by atoms with van der Waals surface area (Å²) in [5, 5.41) is 0. The predicted octanol–water partition coefficient (Wildman–Crippen LogP) is 1.86. The number of carbonyl (C=O) groups excluding carboxylic acids is 1. The first-order valence-electron chi connectivity index (χ1n) is 7.22. The van der Waals surface area contributed by atoms with Gasteiger partial charge < -0.3 is 19.1 Å². The molecule has 1 fully saturated rings. The van der Waals surface area contributed by atoms with Crippen molar-refractivity contribution >= 4 is 5.91 Å². The van der Waals surface area contributed by atoms with Crippen LogP contribution in [0.15, 0.2) is 24.3 Å². The molecule has 0 aliphatic carbocycles. The Balaban J connectivity index is 1.91. The number of halogens is 1. The van der Waals surface area contributed by atoms with Gasteiger partial charge in [-0.05, 0) is 38.1 Å². The molecule has 1 amide bonds. The molecule has 2 rings (SSSR count). The van der Waals surface area contributed by atoms with Gasteiger partial charge in [-0.25, -0.2) is 4.39 Å². The van der Waals surface area contributed by atoms with Crippen LogP contribution in [0, 0.1) is 5.82 Å². The van der Waals surface area contributed by atoms with Crippen molar-refractivity contribution in [1.82, 2.24) is 4.90 Å². The van der Waals surface area contributed by atoms with Gasteiger partial charge in [0, 0.05) is 20.2 Å². The number of benzene rings is 1. The van der Waals surface area contributed by atoms with Gasteiger partial charge in [-0.3, -0.25) is 4.79 Å². The van der Waals surface area contributed by atoms with Crippen LogP contribution in [0.3, 0.4) is 0 Å². The average molecular weight is 311 g/mol. The lowest BCUT2D eigenvalue weighted by atomic mass is 10.1. The molecule has 0 N–H and O–H groups in total. The molecule has 0 saturated carbocycles. The fourth-order valence-electron chi connectivity index (χ4n) is 2.53. The van der Waals surface area contributed by atoms with E-state index in [9.17, 15) is 9.18 Å². The molecule has 22 heavy (non-hydrogen) atoms. The Morgan fingerprint density at radius 2 is 2.09 bits per heavy atom. The van der Waals surface area contributed by atoms with Gasteiger partial charge in [0.05, 0.1) is 18.3 Å². The lowest BCUT2D eigenvalue weighted by Crippen LogP contribution is -2.56. The lowest BCUT2D eigenvalue weighted by Gasteiger charge is -2.42. The fraction of sp³-hybridized carbons (Fsp3) is 0.562. The van der Waals surface area contributed by atoms with E-state index in [0.717, 1.165) is 0 Å². The molecule has 1 saturated heterocycles. The van der Waals surface area contributed by atoms with Crippen LogP contribution in [-0.2, 0) is 14.3 Å². The summed E-state index contributed by atoms with van der Waals surface area (Å²) >= 11 is 0. The zero-order valence-corrected chi connectivity index (χ0v) is 13.2. The summed E-state index contributed by atoms with van der Waals surface area (Å²) in [6, 6.07) is 5.59. The molecule has 0 aromatic heterocycles. The predicted molar refractivity (Wildman–Crippen MR) is 79.3 cm³/mol. The first-order valence-corrected chi connectivity index (χ1v) is 7.22. The normalized spacial score (nSPS) is 20.7. The average Bonchev–Trinajstić information content (AvgIpc) is 2.45. The maximum absolute atomic E-state index is 12.8. The molecule has 0 spiro atoms. The highest BCUT2D eigenvalue weighted by molar-refractivity contribution is 5.78. The van der Waals surface area contributed by atoms with Crippen molar-refractivity contribution in [3.05, 3.63) is 30.1 Å². The van der Waals surface area contributed by atoms with Gasteiger partial charge in [0.2, 0.25) is 0 Å². The van der Waals surface area contributed by atoms with Crippen molar-refractivity contribution in [2.24, 2.45) is 0 Å². The number of morpholine rings is 1. The Bertz CT molecular complexity index is 503. The molecule has 1 aliphatic rings. The number of methoxy groups -OCH3 is 1. The Hall–Kier alpha value is -1.66. The maximum atomic E-state index is 12.8. The topological polar surface area (TPSA) is 48.0 Å². The van der Waals surface area contributed by atoms with Crippen LogP contribution in [0.2, 0.25) is 0 Å². The zero-order valence-electron chi connectivity index (χ0n) is 13.2. The molecule has 0 radical (unpaired) electrons. The monoisotopic (exact) mass is 311 g/mol. The molecule has 1 aromatic rings. The third kappa shape index (κ3) is 4.68. The Morgan fingerprint density at radius 1 is 1.41 bits per heavy atom. The van der Waals surface area contributed by atoms with Gasteiger partial charge in [-0.2, -0.15) is 0 Å². The van der Waals surface area contributed by atoms with E-state index in [1.54, 1.807) is 12.0 Å². The largest absolute Gasteiger partial charge is 0.484 e. The Morgan fingerprint density at radius 3 is 2.73 bits per heavy atom. The maximum Gasteiger partial charge on any atom is 0.260 e. The van der Waals surface area contributed by atoms with Crippen LogP contribution in [0.25, 0.3) is 0 Å². The molecule has 6 heteroatoms. The molecule has 1 heterocycles. The van der Waals surface area contributed by atoms with Crippen LogP contribution in [0.1, 0.15) is 13.8 Å². The molecule has 0 unspecified atom stereocenters. The van der Waals surface area contributed by atoms with Gasteiger partial charge >= 0.3 is 0 Å². The van der Waals surface area contributed by atoms with Gasteiger partial charge in [0.15, 0.2) is 6.61 Å². The minimum Gasteiger partial charge on any atom is -0.484 e. The quantitative estimate of drug-likeness (QED) is 0.833. The number of hydrogen-bond donors (Lipinski definition) is 0. The Labute approximate surface area is 130 Å². The number of hydrogen-bond acceptors (Lipinski definition) is 4. The van der Waals surface area contributed by atoms with Crippen LogP contribution in [0.5, 0.6) is 5.75 Å². The second-order valence-electron chi connectivity index (χ2n) is 5.97. The smallest absolute Gasteiger partial charge is 0.260 e. The van der Waals surface area contributed by atoms with Crippen LogP contribution in [0.4, 0.5) is 4.39 Å². The summed E-state index contributed by atoms with van der Waals surface area (Å²) in [7, 11) is 1.61. The first-order chi connectivity index (χ1) is 10.4. The summed E-state index contributed by atoms with van der Waals surface area (Å²) in [5.74, 6) is 0.00790. The van der Waals surface area contributed by atoms with Crippen molar-refractivity contribution in [2.45, 2.75) is 25.6 Å². The lowest BCUT2D eigenvalue weighted by molar-refractivity contribution is -0.170. The second-order valence-corrected chi connectivity index (χ2v) is 5.97.